The summed E-state index contributed by atoms with van der Waals surface area (Å²) in [5.74, 6) is -1.11. The third-order valence-corrected chi connectivity index (χ3v) is 3.76. The molecule has 0 saturated heterocycles. The molecule has 0 atom stereocenters. The zero-order valence-corrected chi connectivity index (χ0v) is 11.0. The standard InChI is InChI=1S/C11H8ClNO5S/c12-7-2-1-3-9(4-7)18-6-8-5-10(11(14)15)19(16,17)13-8/h1-5H,6H2,(H,14,15). The van der Waals surface area contributed by atoms with Gasteiger partial charge in [0.2, 0.25) is 0 Å². The highest BCUT2D eigenvalue weighted by Crippen LogP contribution is 2.20. The second-order valence-electron chi connectivity index (χ2n) is 3.62. The van der Waals surface area contributed by atoms with Crippen LogP contribution in [0.3, 0.4) is 0 Å². The second-order valence-corrected chi connectivity index (χ2v) is 5.63. The zero-order valence-electron chi connectivity index (χ0n) is 9.41. The van der Waals surface area contributed by atoms with Gasteiger partial charge in [0.25, 0.3) is 10.0 Å². The Labute approximate surface area is 114 Å². The van der Waals surface area contributed by atoms with Gasteiger partial charge in [0.15, 0.2) is 4.91 Å². The maximum Gasteiger partial charge on any atom is 0.349 e. The van der Waals surface area contributed by atoms with Crippen LogP contribution in [0.1, 0.15) is 0 Å². The van der Waals surface area contributed by atoms with E-state index in [9.17, 15) is 13.2 Å². The van der Waals surface area contributed by atoms with Crippen molar-refractivity contribution in [1.82, 2.24) is 0 Å². The maximum atomic E-state index is 11.4. The number of ether oxygens (including phenoxy) is 1. The molecule has 6 nitrogen and oxygen atoms in total. The van der Waals surface area contributed by atoms with E-state index in [0.717, 1.165) is 6.08 Å². The van der Waals surface area contributed by atoms with Crippen molar-refractivity contribution in [2.75, 3.05) is 6.61 Å². The SMILES string of the molecule is O=C(O)C1=CC(COc2cccc(Cl)c2)=NS1(=O)=O. The summed E-state index contributed by atoms with van der Waals surface area (Å²) in [6.07, 6.45) is 0.974. The Morgan fingerprint density at radius 1 is 1.42 bits per heavy atom. The molecule has 0 aromatic heterocycles. The molecule has 1 aliphatic rings. The van der Waals surface area contributed by atoms with Crippen LogP contribution >= 0.6 is 11.6 Å². The summed E-state index contributed by atoms with van der Waals surface area (Å²) >= 11 is 5.75. The summed E-state index contributed by atoms with van der Waals surface area (Å²) in [7, 11) is -4.10. The normalized spacial score (nSPS) is 16.7. The van der Waals surface area contributed by atoms with Gasteiger partial charge in [-0.1, -0.05) is 17.7 Å². The Bertz CT molecular complexity index is 693. The van der Waals surface area contributed by atoms with E-state index in [1.54, 1.807) is 24.3 Å². The fraction of sp³-hybridized carbons (Fsp3) is 0.0909. The lowest BCUT2D eigenvalue weighted by Gasteiger charge is -2.04. The quantitative estimate of drug-likeness (QED) is 0.909. The molecule has 1 aromatic carbocycles. The number of carbonyl (C=O) groups is 1. The number of benzene rings is 1. The number of carboxylic acid groups (broad SMARTS) is 1. The van der Waals surface area contributed by atoms with Crippen LogP contribution in [0.15, 0.2) is 39.6 Å². The molecule has 0 bridgehead atoms. The lowest BCUT2D eigenvalue weighted by molar-refractivity contribution is -0.131. The van der Waals surface area contributed by atoms with Crippen LogP contribution in [0.5, 0.6) is 5.75 Å². The minimum Gasteiger partial charge on any atom is -0.487 e. The molecule has 1 aliphatic heterocycles. The fourth-order valence-electron chi connectivity index (χ4n) is 1.41. The van der Waals surface area contributed by atoms with Crippen molar-refractivity contribution < 1.29 is 23.1 Å². The topological polar surface area (TPSA) is 93.0 Å². The van der Waals surface area contributed by atoms with Gasteiger partial charge in [-0.25, -0.2) is 4.79 Å². The summed E-state index contributed by atoms with van der Waals surface area (Å²) in [5, 5.41) is 9.18. The van der Waals surface area contributed by atoms with E-state index in [1.807, 2.05) is 0 Å². The number of aliphatic carboxylic acids is 1. The molecule has 0 unspecified atom stereocenters. The summed E-state index contributed by atoms with van der Waals surface area (Å²) in [5.41, 5.74) is 0.0253. The molecule has 0 aliphatic carbocycles. The average Bonchev–Trinajstić information content (AvgIpc) is 2.62. The molecule has 0 saturated carbocycles. The first-order valence-corrected chi connectivity index (χ1v) is 6.87. The Morgan fingerprint density at radius 2 is 2.16 bits per heavy atom. The highest BCUT2D eigenvalue weighted by atomic mass is 35.5. The number of sulfonamides is 1. The van der Waals surface area contributed by atoms with Crippen LogP contribution in [0.4, 0.5) is 0 Å². The second kappa shape index (κ2) is 5.02. The van der Waals surface area contributed by atoms with Crippen LogP contribution in [-0.2, 0) is 14.8 Å². The molecule has 0 radical (unpaired) electrons. The van der Waals surface area contributed by atoms with Gasteiger partial charge < -0.3 is 9.84 Å². The molecule has 0 fully saturated rings. The first-order chi connectivity index (χ1) is 8.88. The van der Waals surface area contributed by atoms with Gasteiger partial charge in [-0.3, -0.25) is 0 Å². The van der Waals surface area contributed by atoms with Gasteiger partial charge in [0, 0.05) is 5.02 Å². The van der Waals surface area contributed by atoms with Crippen molar-refractivity contribution in [3.8, 4) is 5.75 Å². The largest absolute Gasteiger partial charge is 0.487 e. The summed E-state index contributed by atoms with van der Waals surface area (Å²) in [6.45, 7) is -0.156. The van der Waals surface area contributed by atoms with Gasteiger partial charge in [0.1, 0.15) is 12.4 Å². The number of nitrogens with zero attached hydrogens (tertiary/aromatic N) is 1. The molecule has 1 heterocycles. The van der Waals surface area contributed by atoms with Gasteiger partial charge in [-0.05, 0) is 24.3 Å². The van der Waals surface area contributed by atoms with Gasteiger partial charge in [-0.2, -0.15) is 12.8 Å². The highest BCUT2D eigenvalue weighted by Gasteiger charge is 2.30. The molecular formula is C11H8ClNO5S. The number of carboxylic acids is 1. The molecule has 1 aromatic rings. The fourth-order valence-corrected chi connectivity index (χ4v) is 2.61. The van der Waals surface area contributed by atoms with E-state index < -0.39 is 20.9 Å². The number of rotatable bonds is 4. The van der Waals surface area contributed by atoms with Crippen molar-refractivity contribution in [2.45, 2.75) is 0 Å². The summed E-state index contributed by atoms with van der Waals surface area (Å²) < 4.78 is 31.3. The van der Waals surface area contributed by atoms with Crippen molar-refractivity contribution >= 4 is 33.3 Å². The smallest absolute Gasteiger partial charge is 0.349 e. The Morgan fingerprint density at radius 3 is 2.74 bits per heavy atom. The van der Waals surface area contributed by atoms with E-state index in [2.05, 4.69) is 4.40 Å². The average molecular weight is 302 g/mol. The third-order valence-electron chi connectivity index (χ3n) is 2.21. The maximum absolute atomic E-state index is 11.4. The van der Waals surface area contributed by atoms with E-state index in [0.29, 0.717) is 10.8 Å². The van der Waals surface area contributed by atoms with Crippen LogP contribution in [0.2, 0.25) is 5.02 Å². The number of hydrogen-bond donors (Lipinski definition) is 1. The zero-order chi connectivity index (χ0) is 14.0. The minimum atomic E-state index is -4.10. The van der Waals surface area contributed by atoms with Crippen LogP contribution < -0.4 is 4.74 Å². The first kappa shape index (κ1) is 13.6. The minimum absolute atomic E-state index is 0.0253. The summed E-state index contributed by atoms with van der Waals surface area (Å²) in [6, 6.07) is 6.52. The van der Waals surface area contributed by atoms with Crippen LogP contribution in [-0.4, -0.2) is 31.8 Å². The monoisotopic (exact) mass is 301 g/mol. The predicted octanol–water partition coefficient (Wildman–Crippen LogP) is 1.47. The molecule has 1 N–H and O–H groups in total. The molecule has 2 rings (SSSR count). The number of hydrogen-bond acceptors (Lipinski definition) is 4. The molecule has 0 amide bonds. The Hall–Kier alpha value is -1.86. The lowest BCUT2D eigenvalue weighted by atomic mass is 10.3. The van der Waals surface area contributed by atoms with E-state index in [4.69, 9.17) is 21.4 Å². The van der Waals surface area contributed by atoms with Crippen LogP contribution in [0, 0.1) is 0 Å². The molecule has 0 spiro atoms. The van der Waals surface area contributed by atoms with Gasteiger partial charge >= 0.3 is 5.97 Å². The van der Waals surface area contributed by atoms with E-state index >= 15 is 0 Å². The van der Waals surface area contributed by atoms with E-state index in [1.165, 1.54) is 0 Å². The van der Waals surface area contributed by atoms with Crippen molar-refractivity contribution in [2.24, 2.45) is 4.40 Å². The highest BCUT2D eigenvalue weighted by molar-refractivity contribution is 7.95. The molecule has 19 heavy (non-hydrogen) atoms. The predicted molar refractivity (Wildman–Crippen MR) is 69.0 cm³/mol. The van der Waals surface area contributed by atoms with Crippen molar-refractivity contribution in [3.05, 3.63) is 40.3 Å². The Balaban J connectivity index is 2.12. The number of halogens is 1. The third kappa shape index (κ3) is 3.12. The summed E-state index contributed by atoms with van der Waals surface area (Å²) in [4.78, 5) is 9.95. The van der Waals surface area contributed by atoms with Gasteiger partial charge in [0.05, 0.1) is 5.71 Å². The lowest BCUT2D eigenvalue weighted by Crippen LogP contribution is -2.07. The molecule has 100 valence electrons. The van der Waals surface area contributed by atoms with Gasteiger partial charge in [-0.15, -0.1) is 0 Å². The van der Waals surface area contributed by atoms with Crippen molar-refractivity contribution in [3.63, 3.8) is 0 Å². The first-order valence-electron chi connectivity index (χ1n) is 5.06. The molecular weight excluding hydrogens is 294 g/mol. The molecule has 8 heteroatoms. The van der Waals surface area contributed by atoms with Crippen LogP contribution in [0.25, 0.3) is 0 Å². The van der Waals surface area contributed by atoms with Crippen molar-refractivity contribution in [1.29, 1.82) is 0 Å². The van der Waals surface area contributed by atoms with E-state index in [-0.39, 0.29) is 12.3 Å². The Kier molecular flexibility index (Phi) is 3.59.